The molecule has 1 atom stereocenters. The van der Waals surface area contributed by atoms with E-state index in [2.05, 4.69) is 16.9 Å². The van der Waals surface area contributed by atoms with E-state index in [4.69, 9.17) is 9.47 Å². The van der Waals surface area contributed by atoms with Crippen molar-refractivity contribution >= 4 is 5.91 Å². The molecule has 2 aromatic rings. The van der Waals surface area contributed by atoms with Crippen molar-refractivity contribution in [2.24, 2.45) is 7.05 Å². The molecule has 0 aliphatic carbocycles. The minimum Gasteiger partial charge on any atom is -0.454 e. The summed E-state index contributed by atoms with van der Waals surface area (Å²) in [6.07, 6.45) is 2.31. The summed E-state index contributed by atoms with van der Waals surface area (Å²) >= 11 is 0. The number of fused-ring (bicyclic) bond motifs is 1. The Morgan fingerprint density at radius 2 is 2.11 bits per heavy atom. The molecule has 2 aliphatic rings. The second-order valence-electron chi connectivity index (χ2n) is 7.59. The Morgan fingerprint density at radius 1 is 1.29 bits per heavy atom. The molecule has 1 unspecified atom stereocenters. The summed E-state index contributed by atoms with van der Waals surface area (Å²) in [5.74, 6) is 1.48. The number of amides is 1. The fourth-order valence-electron chi connectivity index (χ4n) is 4.08. The topological polar surface area (TPSA) is 59.8 Å². The Bertz CT molecular complexity index is 844. The molecule has 1 amide bonds. The minimum atomic E-state index is -0.0238. The van der Waals surface area contributed by atoms with Gasteiger partial charge in [0.25, 0.3) is 5.91 Å². The molecule has 7 nitrogen and oxygen atoms in total. The van der Waals surface area contributed by atoms with Gasteiger partial charge in [0.1, 0.15) is 0 Å². The molecule has 7 heteroatoms. The molecular formula is C21H28N4O3. The van der Waals surface area contributed by atoms with Gasteiger partial charge < -0.3 is 14.4 Å². The van der Waals surface area contributed by atoms with Crippen molar-refractivity contribution in [1.82, 2.24) is 19.6 Å². The van der Waals surface area contributed by atoms with E-state index in [-0.39, 0.29) is 12.7 Å². The van der Waals surface area contributed by atoms with Crippen molar-refractivity contribution in [2.45, 2.75) is 39.3 Å². The lowest BCUT2D eigenvalue weighted by molar-refractivity contribution is 0.0685. The van der Waals surface area contributed by atoms with E-state index in [0.717, 1.165) is 42.3 Å². The second kappa shape index (κ2) is 7.83. The largest absolute Gasteiger partial charge is 0.454 e. The second-order valence-corrected chi connectivity index (χ2v) is 7.59. The van der Waals surface area contributed by atoms with Gasteiger partial charge in [0.15, 0.2) is 17.2 Å². The third-order valence-corrected chi connectivity index (χ3v) is 5.77. The standard InChI is InChI=1S/C21H28N4O3/c1-4-24-9-5-6-17(24)13-25(21(26)18-10-15(2)23(3)22-18)12-16-7-8-19-20(11-16)28-14-27-19/h7-8,10-11,17H,4-6,9,12-14H2,1-3H3. The first-order valence-corrected chi connectivity index (χ1v) is 9.97. The Kier molecular flexibility index (Phi) is 5.26. The zero-order valence-corrected chi connectivity index (χ0v) is 16.9. The maximum atomic E-state index is 13.3. The number of hydrogen-bond donors (Lipinski definition) is 0. The van der Waals surface area contributed by atoms with Crippen molar-refractivity contribution in [3.05, 3.63) is 41.2 Å². The third-order valence-electron chi connectivity index (χ3n) is 5.77. The molecule has 1 aromatic carbocycles. The maximum absolute atomic E-state index is 13.3. The quantitative estimate of drug-likeness (QED) is 0.766. The van der Waals surface area contributed by atoms with Crippen LogP contribution in [-0.2, 0) is 13.6 Å². The van der Waals surface area contributed by atoms with Gasteiger partial charge in [0.2, 0.25) is 6.79 Å². The average molecular weight is 384 g/mol. The van der Waals surface area contributed by atoms with Crippen LogP contribution in [0.1, 0.15) is 41.5 Å². The first-order valence-electron chi connectivity index (χ1n) is 9.97. The van der Waals surface area contributed by atoms with Gasteiger partial charge in [-0.25, -0.2) is 0 Å². The lowest BCUT2D eigenvalue weighted by Crippen LogP contribution is -2.42. The summed E-state index contributed by atoms with van der Waals surface area (Å²) in [5, 5.41) is 4.41. The highest BCUT2D eigenvalue weighted by Crippen LogP contribution is 2.33. The highest BCUT2D eigenvalue weighted by molar-refractivity contribution is 5.92. The van der Waals surface area contributed by atoms with Crippen LogP contribution in [-0.4, -0.2) is 58.0 Å². The lowest BCUT2D eigenvalue weighted by atomic mass is 10.1. The highest BCUT2D eigenvalue weighted by Gasteiger charge is 2.29. The molecule has 0 bridgehead atoms. The number of carbonyl (C=O) groups is 1. The number of nitrogens with zero attached hydrogens (tertiary/aromatic N) is 4. The number of hydrogen-bond acceptors (Lipinski definition) is 5. The van der Waals surface area contributed by atoms with Crippen molar-refractivity contribution in [3.63, 3.8) is 0 Å². The van der Waals surface area contributed by atoms with E-state index in [1.54, 1.807) is 4.68 Å². The van der Waals surface area contributed by atoms with Crippen LogP contribution in [0.25, 0.3) is 0 Å². The Labute approximate surface area is 165 Å². The van der Waals surface area contributed by atoms with Gasteiger partial charge in [0.05, 0.1) is 0 Å². The molecule has 1 saturated heterocycles. The molecular weight excluding hydrogens is 356 g/mol. The molecule has 0 radical (unpaired) electrons. The first-order chi connectivity index (χ1) is 13.5. The summed E-state index contributed by atoms with van der Waals surface area (Å²) in [7, 11) is 1.87. The van der Waals surface area contributed by atoms with Crippen LogP contribution >= 0.6 is 0 Å². The number of aryl methyl sites for hydroxylation is 2. The van der Waals surface area contributed by atoms with Crippen LogP contribution in [0.15, 0.2) is 24.3 Å². The van der Waals surface area contributed by atoms with E-state index in [1.807, 2.05) is 43.1 Å². The summed E-state index contributed by atoms with van der Waals surface area (Å²) in [4.78, 5) is 17.7. The number of likely N-dealkylation sites (tertiary alicyclic amines) is 1. The molecule has 28 heavy (non-hydrogen) atoms. The van der Waals surface area contributed by atoms with E-state index in [0.29, 0.717) is 24.8 Å². The number of benzene rings is 1. The van der Waals surface area contributed by atoms with Gasteiger partial charge in [0, 0.05) is 31.9 Å². The summed E-state index contributed by atoms with van der Waals surface area (Å²) in [6.45, 7) is 7.75. The predicted molar refractivity (Wildman–Crippen MR) is 106 cm³/mol. The first kappa shape index (κ1) is 18.8. The molecule has 1 fully saturated rings. The normalized spacial score (nSPS) is 18.6. The molecule has 0 saturated carbocycles. The van der Waals surface area contributed by atoms with Crippen LogP contribution in [0.2, 0.25) is 0 Å². The monoisotopic (exact) mass is 384 g/mol. The number of ether oxygens (including phenoxy) is 2. The molecule has 0 spiro atoms. The zero-order chi connectivity index (χ0) is 19.7. The molecule has 150 valence electrons. The van der Waals surface area contributed by atoms with Crippen LogP contribution in [0, 0.1) is 6.92 Å². The van der Waals surface area contributed by atoms with E-state index < -0.39 is 0 Å². The van der Waals surface area contributed by atoms with Crippen molar-refractivity contribution in [2.75, 3.05) is 26.4 Å². The fraction of sp³-hybridized carbons (Fsp3) is 0.524. The van der Waals surface area contributed by atoms with Crippen molar-refractivity contribution in [3.8, 4) is 11.5 Å². The Morgan fingerprint density at radius 3 is 2.86 bits per heavy atom. The lowest BCUT2D eigenvalue weighted by Gasteiger charge is -2.30. The van der Waals surface area contributed by atoms with E-state index in [1.165, 1.54) is 6.42 Å². The van der Waals surface area contributed by atoms with Crippen LogP contribution < -0.4 is 9.47 Å². The molecule has 1 aromatic heterocycles. The highest BCUT2D eigenvalue weighted by atomic mass is 16.7. The summed E-state index contributed by atoms with van der Waals surface area (Å²) in [6, 6.07) is 8.15. The van der Waals surface area contributed by atoms with Gasteiger partial charge in [-0.3, -0.25) is 14.4 Å². The Balaban J connectivity index is 1.58. The summed E-state index contributed by atoms with van der Waals surface area (Å²) < 4.78 is 12.7. The number of rotatable bonds is 6. The van der Waals surface area contributed by atoms with Crippen LogP contribution in [0.4, 0.5) is 0 Å². The number of likely N-dealkylation sites (N-methyl/N-ethyl adjacent to an activating group) is 1. The smallest absolute Gasteiger partial charge is 0.274 e. The molecule has 0 N–H and O–H groups in total. The molecule has 2 aliphatic heterocycles. The van der Waals surface area contributed by atoms with E-state index >= 15 is 0 Å². The number of carbonyl (C=O) groups excluding carboxylic acids is 1. The van der Waals surface area contributed by atoms with Crippen molar-refractivity contribution < 1.29 is 14.3 Å². The number of aromatic nitrogens is 2. The van der Waals surface area contributed by atoms with Crippen molar-refractivity contribution in [1.29, 1.82) is 0 Å². The summed E-state index contributed by atoms with van der Waals surface area (Å²) in [5.41, 5.74) is 2.51. The maximum Gasteiger partial charge on any atom is 0.274 e. The SMILES string of the molecule is CCN1CCCC1CN(Cc1ccc2c(c1)OCO2)C(=O)c1cc(C)n(C)n1. The van der Waals surface area contributed by atoms with Gasteiger partial charge in [-0.1, -0.05) is 13.0 Å². The Hall–Kier alpha value is -2.54. The van der Waals surface area contributed by atoms with Gasteiger partial charge in [-0.2, -0.15) is 5.10 Å². The third kappa shape index (κ3) is 3.71. The fourth-order valence-corrected chi connectivity index (χ4v) is 4.08. The van der Waals surface area contributed by atoms with E-state index in [9.17, 15) is 4.79 Å². The van der Waals surface area contributed by atoms with Gasteiger partial charge in [-0.15, -0.1) is 0 Å². The minimum absolute atomic E-state index is 0.0238. The molecule has 3 heterocycles. The van der Waals surface area contributed by atoms with Gasteiger partial charge in [-0.05, 0) is 56.6 Å². The van der Waals surface area contributed by atoms with Crippen LogP contribution in [0.3, 0.4) is 0 Å². The molecule has 4 rings (SSSR count). The average Bonchev–Trinajstić information content (AvgIpc) is 3.41. The van der Waals surface area contributed by atoms with Crippen LogP contribution in [0.5, 0.6) is 11.5 Å². The predicted octanol–water partition coefficient (Wildman–Crippen LogP) is 2.58. The van der Waals surface area contributed by atoms with Gasteiger partial charge >= 0.3 is 0 Å². The zero-order valence-electron chi connectivity index (χ0n) is 16.9.